The fraction of sp³-hybridized carbons (Fsp3) is 1.00. The van der Waals surface area contributed by atoms with Crippen molar-refractivity contribution in [3.8, 4) is 0 Å². The molecule has 0 amide bonds. The van der Waals surface area contributed by atoms with Crippen LogP contribution in [0.15, 0.2) is 0 Å². The Balaban J connectivity index is 2.44. The number of rotatable bonds is 7. The zero-order valence-corrected chi connectivity index (χ0v) is 10.5. The number of unbranched alkanes of at least 4 members (excludes halogenated alkanes) is 1. The smallest absolute Gasteiger partial charge is 0.0266 e. The molecular weight excluding hydrogens is 184 g/mol. The molecule has 0 aromatic rings. The first kappa shape index (κ1) is 13.0. The summed E-state index contributed by atoms with van der Waals surface area (Å²) in [5.74, 6) is 7.38. The van der Waals surface area contributed by atoms with Gasteiger partial charge in [-0.05, 0) is 31.1 Å². The first-order chi connectivity index (χ1) is 7.33. The molecule has 3 N–H and O–H groups in total. The molecule has 90 valence electrons. The Morgan fingerprint density at radius 1 is 1.27 bits per heavy atom. The van der Waals surface area contributed by atoms with Gasteiger partial charge in [0.15, 0.2) is 0 Å². The summed E-state index contributed by atoms with van der Waals surface area (Å²) in [7, 11) is 0. The summed E-state index contributed by atoms with van der Waals surface area (Å²) in [5.41, 5.74) is 3.10. The van der Waals surface area contributed by atoms with E-state index in [1.807, 2.05) is 0 Å². The average Bonchev–Trinajstić information content (AvgIpc) is 2.77. The lowest BCUT2D eigenvalue weighted by Gasteiger charge is -2.30. The molecule has 2 atom stereocenters. The molecule has 0 spiro atoms. The van der Waals surface area contributed by atoms with Gasteiger partial charge in [-0.2, -0.15) is 0 Å². The molecular formula is C13H28N2. The Hall–Kier alpha value is -0.0800. The predicted molar refractivity (Wildman–Crippen MR) is 66.4 cm³/mol. The van der Waals surface area contributed by atoms with Gasteiger partial charge in [0.1, 0.15) is 0 Å². The zero-order valence-electron chi connectivity index (χ0n) is 10.5. The van der Waals surface area contributed by atoms with Gasteiger partial charge < -0.3 is 0 Å². The van der Waals surface area contributed by atoms with Gasteiger partial charge in [0.25, 0.3) is 0 Å². The van der Waals surface area contributed by atoms with Crippen LogP contribution in [0.2, 0.25) is 0 Å². The largest absolute Gasteiger partial charge is 0.271 e. The molecule has 0 radical (unpaired) electrons. The van der Waals surface area contributed by atoms with E-state index in [1.54, 1.807) is 0 Å². The van der Waals surface area contributed by atoms with Crippen LogP contribution in [0, 0.1) is 11.8 Å². The molecule has 0 aliphatic heterocycles. The molecule has 1 aliphatic rings. The van der Waals surface area contributed by atoms with Crippen molar-refractivity contribution in [1.82, 2.24) is 5.43 Å². The van der Waals surface area contributed by atoms with Crippen molar-refractivity contribution < 1.29 is 0 Å². The lowest BCUT2D eigenvalue weighted by molar-refractivity contribution is 0.239. The second kappa shape index (κ2) is 7.24. The van der Waals surface area contributed by atoms with Gasteiger partial charge in [-0.1, -0.05) is 46.0 Å². The van der Waals surface area contributed by atoms with Gasteiger partial charge in [0.05, 0.1) is 0 Å². The minimum Gasteiger partial charge on any atom is -0.271 e. The molecule has 2 nitrogen and oxygen atoms in total. The van der Waals surface area contributed by atoms with E-state index in [9.17, 15) is 0 Å². The van der Waals surface area contributed by atoms with Crippen molar-refractivity contribution >= 4 is 0 Å². The lowest BCUT2D eigenvalue weighted by atomic mass is 9.83. The number of nitrogens with one attached hydrogen (secondary N) is 1. The third-order valence-electron chi connectivity index (χ3n) is 4.06. The molecule has 2 unspecified atom stereocenters. The summed E-state index contributed by atoms with van der Waals surface area (Å²) in [5, 5.41) is 0. The van der Waals surface area contributed by atoms with E-state index < -0.39 is 0 Å². The topological polar surface area (TPSA) is 38.0 Å². The normalized spacial score (nSPS) is 21.8. The van der Waals surface area contributed by atoms with Crippen LogP contribution < -0.4 is 11.3 Å². The van der Waals surface area contributed by atoms with Crippen LogP contribution in [-0.4, -0.2) is 6.04 Å². The lowest BCUT2D eigenvalue weighted by Crippen LogP contribution is -2.45. The van der Waals surface area contributed by atoms with Gasteiger partial charge in [0.2, 0.25) is 0 Å². The zero-order chi connectivity index (χ0) is 11.1. The van der Waals surface area contributed by atoms with Gasteiger partial charge in [0, 0.05) is 6.04 Å². The molecule has 1 fully saturated rings. The van der Waals surface area contributed by atoms with Crippen molar-refractivity contribution in [3.05, 3.63) is 0 Å². The summed E-state index contributed by atoms with van der Waals surface area (Å²) in [4.78, 5) is 0. The maximum absolute atomic E-state index is 5.75. The third-order valence-corrected chi connectivity index (χ3v) is 4.06. The number of hydrazine groups is 1. The number of hydrogen-bond donors (Lipinski definition) is 2. The highest BCUT2D eigenvalue weighted by atomic mass is 15.2. The summed E-state index contributed by atoms with van der Waals surface area (Å²) >= 11 is 0. The highest BCUT2D eigenvalue weighted by molar-refractivity contribution is 4.84. The fourth-order valence-corrected chi connectivity index (χ4v) is 3.08. The highest BCUT2D eigenvalue weighted by Gasteiger charge is 2.29. The number of hydrogen-bond acceptors (Lipinski definition) is 2. The van der Waals surface area contributed by atoms with Crippen LogP contribution in [0.5, 0.6) is 0 Å². The van der Waals surface area contributed by atoms with Crippen molar-refractivity contribution in [2.75, 3.05) is 0 Å². The van der Waals surface area contributed by atoms with E-state index in [0.29, 0.717) is 6.04 Å². The number of nitrogens with two attached hydrogens (primary N) is 1. The second-order valence-electron chi connectivity index (χ2n) is 5.05. The van der Waals surface area contributed by atoms with Crippen LogP contribution in [0.3, 0.4) is 0 Å². The van der Waals surface area contributed by atoms with Crippen LogP contribution in [0.4, 0.5) is 0 Å². The first-order valence-corrected chi connectivity index (χ1v) is 6.79. The van der Waals surface area contributed by atoms with Crippen LogP contribution >= 0.6 is 0 Å². The van der Waals surface area contributed by atoms with Crippen molar-refractivity contribution in [2.45, 2.75) is 71.3 Å². The SMILES string of the molecule is CCCCC(CC)C(NN)C1CCCC1. The Morgan fingerprint density at radius 2 is 1.93 bits per heavy atom. The summed E-state index contributed by atoms with van der Waals surface area (Å²) in [6, 6.07) is 0.573. The van der Waals surface area contributed by atoms with Gasteiger partial charge in [-0.3, -0.25) is 11.3 Å². The van der Waals surface area contributed by atoms with Crippen LogP contribution in [-0.2, 0) is 0 Å². The Labute approximate surface area is 95.0 Å². The maximum Gasteiger partial charge on any atom is 0.0266 e. The van der Waals surface area contributed by atoms with E-state index in [4.69, 9.17) is 5.84 Å². The highest BCUT2D eigenvalue weighted by Crippen LogP contribution is 2.33. The summed E-state index contributed by atoms with van der Waals surface area (Å²) in [6.45, 7) is 4.58. The standard InChI is InChI=1S/C13H28N2/c1-3-5-8-11(4-2)13(15-14)12-9-6-7-10-12/h11-13,15H,3-10,14H2,1-2H3. The van der Waals surface area contributed by atoms with Gasteiger partial charge in [-0.25, -0.2) is 0 Å². The van der Waals surface area contributed by atoms with Crippen molar-refractivity contribution in [3.63, 3.8) is 0 Å². The summed E-state index contributed by atoms with van der Waals surface area (Å²) < 4.78 is 0. The van der Waals surface area contributed by atoms with Gasteiger partial charge >= 0.3 is 0 Å². The minimum atomic E-state index is 0.573. The Bertz CT molecular complexity index is 153. The van der Waals surface area contributed by atoms with Crippen molar-refractivity contribution in [2.24, 2.45) is 17.7 Å². The molecule has 2 heteroatoms. The molecule has 0 bridgehead atoms. The Morgan fingerprint density at radius 3 is 2.40 bits per heavy atom. The van der Waals surface area contributed by atoms with Gasteiger partial charge in [-0.15, -0.1) is 0 Å². The Kier molecular flexibility index (Phi) is 6.26. The maximum atomic E-state index is 5.75. The average molecular weight is 212 g/mol. The van der Waals surface area contributed by atoms with E-state index in [0.717, 1.165) is 11.8 Å². The van der Waals surface area contributed by atoms with Crippen molar-refractivity contribution in [1.29, 1.82) is 0 Å². The minimum absolute atomic E-state index is 0.573. The third kappa shape index (κ3) is 3.76. The van der Waals surface area contributed by atoms with E-state index in [1.165, 1.54) is 51.4 Å². The molecule has 1 rings (SSSR count). The van der Waals surface area contributed by atoms with Crippen LogP contribution in [0.1, 0.15) is 65.2 Å². The molecule has 0 aromatic carbocycles. The molecule has 1 saturated carbocycles. The molecule has 1 aliphatic carbocycles. The monoisotopic (exact) mass is 212 g/mol. The first-order valence-electron chi connectivity index (χ1n) is 6.79. The van der Waals surface area contributed by atoms with E-state index >= 15 is 0 Å². The van der Waals surface area contributed by atoms with E-state index in [-0.39, 0.29) is 0 Å². The quantitative estimate of drug-likeness (QED) is 0.502. The second-order valence-corrected chi connectivity index (χ2v) is 5.05. The molecule has 0 saturated heterocycles. The molecule has 0 heterocycles. The predicted octanol–water partition coefficient (Wildman–Crippen LogP) is 3.22. The fourth-order valence-electron chi connectivity index (χ4n) is 3.08. The van der Waals surface area contributed by atoms with Crippen LogP contribution in [0.25, 0.3) is 0 Å². The summed E-state index contributed by atoms with van der Waals surface area (Å²) in [6.07, 6.45) is 10.9. The van der Waals surface area contributed by atoms with E-state index in [2.05, 4.69) is 19.3 Å². The molecule has 0 aromatic heterocycles. The molecule has 15 heavy (non-hydrogen) atoms.